The number of amides is 1. The Kier molecular flexibility index (Phi) is 5.69. The summed E-state index contributed by atoms with van der Waals surface area (Å²) in [6.45, 7) is 0.0930. The second-order valence-corrected chi connectivity index (χ2v) is 7.01. The van der Waals surface area contributed by atoms with Crippen LogP contribution in [0.15, 0.2) is 29.4 Å². The molecule has 2 rings (SSSR count). The molecule has 1 amide bonds. The van der Waals surface area contributed by atoms with Gasteiger partial charge in [-0.2, -0.15) is 0 Å². The summed E-state index contributed by atoms with van der Waals surface area (Å²) in [7, 11) is -3.58. The van der Waals surface area contributed by atoms with Gasteiger partial charge in [-0.3, -0.25) is 9.78 Å². The molecule has 6 nitrogen and oxygen atoms in total. The lowest BCUT2D eigenvalue weighted by Crippen LogP contribution is -2.38. The Bertz CT molecular complexity index is 554. The van der Waals surface area contributed by atoms with Crippen molar-refractivity contribution >= 4 is 15.9 Å². The van der Waals surface area contributed by atoms with Crippen LogP contribution in [-0.2, 0) is 14.8 Å². The van der Waals surface area contributed by atoms with Crippen molar-refractivity contribution < 1.29 is 13.2 Å². The highest BCUT2D eigenvalue weighted by molar-refractivity contribution is 7.89. The SMILES string of the molecule is O=C(CCNS(=O)(=O)c1cccnc1)NC1CCCCC1. The molecule has 0 aliphatic heterocycles. The van der Waals surface area contributed by atoms with Crippen molar-refractivity contribution in [3.05, 3.63) is 24.5 Å². The quantitative estimate of drug-likeness (QED) is 0.826. The zero-order valence-electron chi connectivity index (χ0n) is 11.9. The molecule has 0 atom stereocenters. The second-order valence-electron chi connectivity index (χ2n) is 5.24. The maximum Gasteiger partial charge on any atom is 0.242 e. The highest BCUT2D eigenvalue weighted by atomic mass is 32.2. The molecule has 0 unspecified atom stereocenters. The number of hydrogen-bond donors (Lipinski definition) is 2. The Morgan fingerprint density at radius 2 is 2.05 bits per heavy atom. The van der Waals surface area contributed by atoms with Gasteiger partial charge in [0.25, 0.3) is 0 Å². The third kappa shape index (κ3) is 5.09. The van der Waals surface area contributed by atoms with E-state index in [0.29, 0.717) is 0 Å². The Morgan fingerprint density at radius 1 is 1.29 bits per heavy atom. The summed E-state index contributed by atoms with van der Waals surface area (Å²) in [4.78, 5) is 15.7. The fraction of sp³-hybridized carbons (Fsp3) is 0.571. The molecule has 116 valence electrons. The van der Waals surface area contributed by atoms with Gasteiger partial charge in [0.1, 0.15) is 4.90 Å². The third-order valence-corrected chi connectivity index (χ3v) is 5.01. The summed E-state index contributed by atoms with van der Waals surface area (Å²) < 4.78 is 26.3. The molecule has 1 heterocycles. The van der Waals surface area contributed by atoms with E-state index in [9.17, 15) is 13.2 Å². The van der Waals surface area contributed by atoms with Gasteiger partial charge in [-0.15, -0.1) is 0 Å². The lowest BCUT2D eigenvalue weighted by atomic mass is 9.95. The third-order valence-electron chi connectivity index (χ3n) is 3.56. The van der Waals surface area contributed by atoms with Gasteiger partial charge in [0.05, 0.1) is 0 Å². The van der Waals surface area contributed by atoms with Crippen LogP contribution < -0.4 is 10.0 Å². The molecular formula is C14H21N3O3S. The van der Waals surface area contributed by atoms with Gasteiger partial charge in [0.2, 0.25) is 15.9 Å². The van der Waals surface area contributed by atoms with E-state index in [4.69, 9.17) is 0 Å². The molecule has 0 spiro atoms. The fourth-order valence-electron chi connectivity index (χ4n) is 2.44. The maximum atomic E-state index is 11.9. The average Bonchev–Trinajstić information content (AvgIpc) is 2.49. The number of pyridine rings is 1. The predicted octanol–water partition coefficient (Wildman–Crippen LogP) is 1.20. The first-order chi connectivity index (χ1) is 10.1. The second kappa shape index (κ2) is 7.51. The molecule has 1 saturated carbocycles. The summed E-state index contributed by atoms with van der Waals surface area (Å²) in [6, 6.07) is 3.28. The maximum absolute atomic E-state index is 11.9. The van der Waals surface area contributed by atoms with E-state index in [1.807, 2.05) is 0 Å². The zero-order chi connectivity index (χ0) is 15.1. The number of rotatable bonds is 6. The number of hydrogen-bond acceptors (Lipinski definition) is 4. The molecule has 2 N–H and O–H groups in total. The molecule has 1 fully saturated rings. The Hall–Kier alpha value is -1.47. The number of carbonyl (C=O) groups is 1. The van der Waals surface area contributed by atoms with Crippen molar-refractivity contribution in [1.29, 1.82) is 0 Å². The molecule has 0 aromatic carbocycles. The van der Waals surface area contributed by atoms with Crippen molar-refractivity contribution in [2.45, 2.75) is 49.5 Å². The Labute approximate surface area is 125 Å². The predicted molar refractivity (Wildman–Crippen MR) is 79.1 cm³/mol. The van der Waals surface area contributed by atoms with Crippen LogP contribution in [-0.4, -0.2) is 31.9 Å². The highest BCUT2D eigenvalue weighted by Gasteiger charge is 2.17. The molecule has 21 heavy (non-hydrogen) atoms. The molecule has 1 aliphatic rings. The minimum Gasteiger partial charge on any atom is -0.353 e. The van der Waals surface area contributed by atoms with E-state index in [0.717, 1.165) is 25.7 Å². The first-order valence-corrected chi connectivity index (χ1v) is 8.75. The van der Waals surface area contributed by atoms with Crippen LogP contribution in [0.1, 0.15) is 38.5 Å². The van der Waals surface area contributed by atoms with Crippen molar-refractivity contribution in [2.75, 3.05) is 6.54 Å². The van der Waals surface area contributed by atoms with Crippen LogP contribution in [0.5, 0.6) is 0 Å². The van der Waals surface area contributed by atoms with Gasteiger partial charge in [0.15, 0.2) is 0 Å². The minimum atomic E-state index is -3.58. The Balaban J connectivity index is 1.74. The monoisotopic (exact) mass is 311 g/mol. The lowest BCUT2D eigenvalue weighted by Gasteiger charge is -2.22. The molecule has 0 radical (unpaired) electrons. The molecule has 7 heteroatoms. The van der Waals surface area contributed by atoms with E-state index in [1.165, 1.54) is 24.9 Å². The van der Waals surface area contributed by atoms with E-state index in [-0.39, 0.29) is 29.8 Å². The average molecular weight is 311 g/mol. The van der Waals surface area contributed by atoms with Crippen molar-refractivity contribution in [1.82, 2.24) is 15.0 Å². The molecule has 1 aromatic rings. The first-order valence-electron chi connectivity index (χ1n) is 7.27. The van der Waals surface area contributed by atoms with Gasteiger partial charge in [-0.1, -0.05) is 19.3 Å². The summed E-state index contributed by atoms with van der Waals surface area (Å²) >= 11 is 0. The normalized spacial score (nSPS) is 16.6. The number of aromatic nitrogens is 1. The summed E-state index contributed by atoms with van der Waals surface area (Å²) in [5.74, 6) is -0.101. The van der Waals surface area contributed by atoms with E-state index in [1.54, 1.807) is 6.07 Å². The van der Waals surface area contributed by atoms with Crippen LogP contribution in [0.4, 0.5) is 0 Å². The molecular weight excluding hydrogens is 290 g/mol. The highest BCUT2D eigenvalue weighted by Crippen LogP contribution is 2.17. The van der Waals surface area contributed by atoms with Crippen LogP contribution in [0.25, 0.3) is 0 Å². The van der Waals surface area contributed by atoms with Crippen molar-refractivity contribution in [3.63, 3.8) is 0 Å². The Morgan fingerprint density at radius 3 is 2.71 bits per heavy atom. The van der Waals surface area contributed by atoms with Crippen molar-refractivity contribution in [2.24, 2.45) is 0 Å². The van der Waals surface area contributed by atoms with E-state index >= 15 is 0 Å². The smallest absolute Gasteiger partial charge is 0.242 e. The number of nitrogens with one attached hydrogen (secondary N) is 2. The van der Waals surface area contributed by atoms with Crippen LogP contribution >= 0.6 is 0 Å². The number of carbonyl (C=O) groups excluding carboxylic acids is 1. The molecule has 0 bridgehead atoms. The van der Waals surface area contributed by atoms with Crippen LogP contribution in [0.2, 0.25) is 0 Å². The van der Waals surface area contributed by atoms with Gasteiger partial charge >= 0.3 is 0 Å². The molecule has 1 aromatic heterocycles. The van der Waals surface area contributed by atoms with Gasteiger partial charge in [0, 0.05) is 31.4 Å². The molecule has 0 saturated heterocycles. The van der Waals surface area contributed by atoms with Crippen LogP contribution in [0, 0.1) is 0 Å². The standard InChI is InChI=1S/C14H21N3O3S/c18-14(17-12-5-2-1-3-6-12)8-10-16-21(19,20)13-7-4-9-15-11-13/h4,7,9,11-12,16H,1-3,5-6,8,10H2,(H,17,18). The first kappa shape index (κ1) is 15.9. The van der Waals surface area contributed by atoms with Crippen LogP contribution in [0.3, 0.4) is 0 Å². The number of nitrogens with zero attached hydrogens (tertiary/aromatic N) is 1. The lowest BCUT2D eigenvalue weighted by molar-refractivity contribution is -0.121. The summed E-state index contributed by atoms with van der Waals surface area (Å²) in [5, 5.41) is 2.96. The zero-order valence-corrected chi connectivity index (χ0v) is 12.7. The fourth-order valence-corrected chi connectivity index (χ4v) is 3.43. The van der Waals surface area contributed by atoms with Gasteiger partial charge < -0.3 is 5.32 Å². The summed E-state index contributed by atoms with van der Waals surface area (Å²) in [5.41, 5.74) is 0. The van der Waals surface area contributed by atoms with Gasteiger partial charge in [-0.25, -0.2) is 13.1 Å². The molecule has 1 aliphatic carbocycles. The van der Waals surface area contributed by atoms with E-state index in [2.05, 4.69) is 15.0 Å². The minimum absolute atomic E-state index is 0.0930. The topological polar surface area (TPSA) is 88.2 Å². The summed E-state index contributed by atoms with van der Waals surface area (Å²) in [6.07, 6.45) is 8.52. The van der Waals surface area contributed by atoms with Crippen molar-refractivity contribution in [3.8, 4) is 0 Å². The largest absolute Gasteiger partial charge is 0.353 e. The van der Waals surface area contributed by atoms with E-state index < -0.39 is 10.0 Å². The van der Waals surface area contributed by atoms with Gasteiger partial charge in [-0.05, 0) is 25.0 Å². The number of sulfonamides is 1.